The first-order chi connectivity index (χ1) is 14.9. The molecule has 1 N–H and O–H groups in total. The molecule has 7 nitrogen and oxygen atoms in total. The molecule has 31 heavy (non-hydrogen) atoms. The molecule has 0 bridgehead atoms. The zero-order chi connectivity index (χ0) is 21.8. The molecular formula is C22H23FN4O3S. The Morgan fingerprint density at radius 1 is 1.10 bits per heavy atom. The quantitative estimate of drug-likeness (QED) is 0.636. The summed E-state index contributed by atoms with van der Waals surface area (Å²) in [6.45, 7) is 0.950. The Hall–Kier alpha value is -3.04. The normalized spacial score (nSPS) is 15.6. The van der Waals surface area contributed by atoms with Gasteiger partial charge in [0.05, 0.1) is 6.54 Å². The Morgan fingerprint density at radius 3 is 2.58 bits per heavy atom. The van der Waals surface area contributed by atoms with Crippen molar-refractivity contribution in [1.29, 1.82) is 0 Å². The summed E-state index contributed by atoms with van der Waals surface area (Å²) in [7, 11) is -3.91. The maximum Gasteiger partial charge on any atom is 0.245 e. The molecule has 1 aliphatic heterocycles. The van der Waals surface area contributed by atoms with Gasteiger partial charge in [0.1, 0.15) is 10.7 Å². The highest BCUT2D eigenvalue weighted by Gasteiger charge is 2.33. The molecule has 1 amide bonds. The minimum Gasteiger partial charge on any atom is -0.326 e. The maximum atomic E-state index is 14.0. The van der Waals surface area contributed by atoms with Gasteiger partial charge >= 0.3 is 0 Å². The van der Waals surface area contributed by atoms with E-state index in [2.05, 4.69) is 10.4 Å². The first-order valence-corrected chi connectivity index (χ1v) is 11.5. The van der Waals surface area contributed by atoms with Gasteiger partial charge in [-0.3, -0.25) is 9.48 Å². The van der Waals surface area contributed by atoms with Crippen LogP contribution in [0.4, 0.5) is 10.1 Å². The molecule has 0 radical (unpaired) electrons. The number of rotatable bonds is 6. The Kier molecular flexibility index (Phi) is 6.15. The molecule has 162 valence electrons. The van der Waals surface area contributed by atoms with E-state index in [4.69, 9.17) is 0 Å². The third-order valence-corrected chi connectivity index (χ3v) is 7.31. The number of amides is 1. The van der Waals surface area contributed by atoms with Crippen molar-refractivity contribution < 1.29 is 17.6 Å². The molecule has 3 aromatic rings. The number of halogens is 1. The van der Waals surface area contributed by atoms with Gasteiger partial charge in [0.2, 0.25) is 15.9 Å². The first-order valence-electron chi connectivity index (χ1n) is 10.1. The van der Waals surface area contributed by atoms with Gasteiger partial charge in [-0.25, -0.2) is 12.8 Å². The lowest BCUT2D eigenvalue weighted by molar-refractivity contribution is -0.120. The highest BCUT2D eigenvalue weighted by Crippen LogP contribution is 2.26. The van der Waals surface area contributed by atoms with Crippen molar-refractivity contribution in [2.75, 3.05) is 18.4 Å². The number of carbonyl (C=O) groups is 1. The van der Waals surface area contributed by atoms with Gasteiger partial charge < -0.3 is 5.32 Å². The van der Waals surface area contributed by atoms with Gasteiger partial charge in [-0.1, -0.05) is 24.3 Å². The van der Waals surface area contributed by atoms with Gasteiger partial charge in [-0.05, 0) is 48.7 Å². The Balaban J connectivity index is 1.36. The Labute approximate surface area is 180 Å². The summed E-state index contributed by atoms with van der Waals surface area (Å²) in [6.07, 6.45) is 4.34. The molecule has 0 spiro atoms. The predicted molar refractivity (Wildman–Crippen MR) is 114 cm³/mol. The molecule has 1 saturated heterocycles. The van der Waals surface area contributed by atoms with E-state index in [1.807, 2.05) is 36.5 Å². The van der Waals surface area contributed by atoms with E-state index in [1.165, 1.54) is 22.5 Å². The number of aromatic nitrogens is 2. The van der Waals surface area contributed by atoms with Crippen LogP contribution in [0, 0.1) is 11.7 Å². The average Bonchev–Trinajstić information content (AvgIpc) is 3.27. The van der Waals surface area contributed by atoms with Crippen molar-refractivity contribution in [2.45, 2.75) is 24.3 Å². The van der Waals surface area contributed by atoms with E-state index >= 15 is 0 Å². The number of nitrogens with zero attached hydrogens (tertiary/aromatic N) is 3. The maximum absolute atomic E-state index is 14.0. The third-order valence-electron chi connectivity index (χ3n) is 5.38. The van der Waals surface area contributed by atoms with E-state index in [0.29, 0.717) is 25.1 Å². The summed E-state index contributed by atoms with van der Waals surface area (Å²) in [5, 5.41) is 7.11. The Morgan fingerprint density at radius 2 is 1.87 bits per heavy atom. The van der Waals surface area contributed by atoms with Crippen molar-refractivity contribution in [3.8, 4) is 0 Å². The number of benzene rings is 2. The highest BCUT2D eigenvalue weighted by atomic mass is 32.2. The molecule has 2 aromatic carbocycles. The van der Waals surface area contributed by atoms with Crippen LogP contribution in [0.15, 0.2) is 71.9 Å². The predicted octanol–water partition coefficient (Wildman–Crippen LogP) is 3.11. The fourth-order valence-electron chi connectivity index (χ4n) is 3.72. The van der Waals surface area contributed by atoms with E-state index in [9.17, 15) is 17.6 Å². The number of hydrogen-bond donors (Lipinski definition) is 1. The summed E-state index contributed by atoms with van der Waals surface area (Å²) in [5.74, 6) is -1.21. The number of sulfonamides is 1. The van der Waals surface area contributed by atoms with Gasteiger partial charge in [0.15, 0.2) is 0 Å². The summed E-state index contributed by atoms with van der Waals surface area (Å²) in [5.41, 5.74) is 1.70. The lowest BCUT2D eigenvalue weighted by Crippen LogP contribution is -2.41. The summed E-state index contributed by atoms with van der Waals surface area (Å²) in [4.78, 5) is 12.4. The molecule has 9 heteroatoms. The molecular weight excluding hydrogens is 419 g/mol. The highest BCUT2D eigenvalue weighted by molar-refractivity contribution is 7.89. The Bertz CT molecular complexity index is 1160. The van der Waals surface area contributed by atoms with Crippen LogP contribution in [-0.2, 0) is 21.4 Å². The summed E-state index contributed by atoms with van der Waals surface area (Å²) in [6, 6.07) is 14.8. The van der Waals surface area contributed by atoms with E-state index < -0.39 is 15.8 Å². The van der Waals surface area contributed by atoms with E-state index in [1.54, 1.807) is 10.9 Å². The summed E-state index contributed by atoms with van der Waals surface area (Å²) < 4.78 is 42.5. The minimum absolute atomic E-state index is 0.140. The van der Waals surface area contributed by atoms with Crippen LogP contribution in [0.5, 0.6) is 0 Å². The number of hydrogen-bond acceptors (Lipinski definition) is 4. The molecule has 0 unspecified atom stereocenters. The second kappa shape index (κ2) is 8.99. The number of nitrogens with one attached hydrogen (secondary N) is 1. The SMILES string of the molecule is O=C(Nc1cccc(Cn2cccn2)c1)C1CCN(S(=O)(=O)c2ccccc2F)CC1. The molecule has 1 aromatic heterocycles. The fourth-order valence-corrected chi connectivity index (χ4v) is 5.26. The fraction of sp³-hybridized carbons (Fsp3) is 0.273. The third kappa shape index (κ3) is 4.83. The van der Waals surface area contributed by atoms with E-state index in [0.717, 1.165) is 11.6 Å². The van der Waals surface area contributed by atoms with Crippen molar-refractivity contribution in [1.82, 2.24) is 14.1 Å². The van der Waals surface area contributed by atoms with Gasteiger partial charge in [-0.15, -0.1) is 0 Å². The second-order valence-electron chi connectivity index (χ2n) is 7.50. The zero-order valence-electron chi connectivity index (χ0n) is 16.8. The van der Waals surface area contributed by atoms with Gasteiger partial charge in [0.25, 0.3) is 0 Å². The number of carbonyl (C=O) groups excluding carboxylic acids is 1. The average molecular weight is 443 g/mol. The topological polar surface area (TPSA) is 84.3 Å². The first kappa shape index (κ1) is 21.2. The molecule has 4 rings (SSSR count). The van der Waals surface area contributed by atoms with Crippen LogP contribution in [0.1, 0.15) is 18.4 Å². The summed E-state index contributed by atoms with van der Waals surface area (Å²) >= 11 is 0. The van der Waals surface area contributed by atoms with Crippen LogP contribution in [-0.4, -0.2) is 41.5 Å². The lowest BCUT2D eigenvalue weighted by atomic mass is 9.97. The van der Waals surface area contributed by atoms with Gasteiger partial charge in [-0.2, -0.15) is 9.40 Å². The van der Waals surface area contributed by atoms with E-state index in [-0.39, 0.29) is 29.8 Å². The standard InChI is InChI=1S/C22H23FN4O3S/c23-20-7-1-2-8-21(20)31(29,30)27-13-9-18(10-14-27)22(28)25-19-6-3-5-17(15-19)16-26-12-4-11-24-26/h1-8,11-12,15,18H,9-10,13-14,16H2,(H,25,28). The van der Waals surface area contributed by atoms with Crippen molar-refractivity contribution in [3.05, 3.63) is 78.4 Å². The zero-order valence-corrected chi connectivity index (χ0v) is 17.6. The molecule has 1 fully saturated rings. The largest absolute Gasteiger partial charge is 0.326 e. The number of piperidine rings is 1. The monoisotopic (exact) mass is 442 g/mol. The van der Waals surface area contributed by atoms with Crippen LogP contribution in [0.3, 0.4) is 0 Å². The molecule has 0 saturated carbocycles. The smallest absolute Gasteiger partial charge is 0.245 e. The van der Waals surface area contributed by atoms with Crippen LogP contribution < -0.4 is 5.32 Å². The number of anilines is 1. The van der Waals surface area contributed by atoms with Gasteiger partial charge in [0, 0.05) is 37.1 Å². The molecule has 0 aliphatic carbocycles. The minimum atomic E-state index is -3.91. The molecule has 0 atom stereocenters. The van der Waals surface area contributed by atoms with Crippen molar-refractivity contribution >= 4 is 21.6 Å². The van der Waals surface area contributed by atoms with Crippen LogP contribution >= 0.6 is 0 Å². The second-order valence-corrected chi connectivity index (χ2v) is 9.41. The van der Waals surface area contributed by atoms with Crippen molar-refractivity contribution in [3.63, 3.8) is 0 Å². The lowest BCUT2D eigenvalue weighted by Gasteiger charge is -2.30. The van der Waals surface area contributed by atoms with Crippen molar-refractivity contribution in [2.24, 2.45) is 5.92 Å². The molecule has 1 aliphatic rings. The molecule has 2 heterocycles. The van der Waals surface area contributed by atoms with Crippen LogP contribution in [0.25, 0.3) is 0 Å². The van der Waals surface area contributed by atoms with Crippen LogP contribution in [0.2, 0.25) is 0 Å².